The van der Waals surface area contributed by atoms with Gasteiger partial charge in [0.1, 0.15) is 5.76 Å². The van der Waals surface area contributed by atoms with E-state index in [1.54, 1.807) is 20.1 Å². The summed E-state index contributed by atoms with van der Waals surface area (Å²) < 4.78 is 5.38. The maximum absolute atomic E-state index is 9.71. The zero-order chi connectivity index (χ0) is 10.6. The van der Waals surface area contributed by atoms with Gasteiger partial charge in [-0.25, -0.2) is 0 Å². The molecule has 0 aliphatic rings. The zero-order valence-corrected chi connectivity index (χ0v) is 9.34. The van der Waals surface area contributed by atoms with E-state index in [4.69, 9.17) is 4.42 Å². The van der Waals surface area contributed by atoms with Gasteiger partial charge < -0.3 is 9.52 Å². The van der Waals surface area contributed by atoms with Crippen LogP contribution in [0.5, 0.6) is 0 Å². The Kier molecular flexibility index (Phi) is 3.76. The van der Waals surface area contributed by atoms with Gasteiger partial charge in [0, 0.05) is 12.0 Å². The number of aryl methyl sites for hydroxylation is 1. The van der Waals surface area contributed by atoms with E-state index in [1.807, 2.05) is 6.07 Å². The molecule has 0 atom stereocenters. The summed E-state index contributed by atoms with van der Waals surface area (Å²) in [6.45, 7) is 5.73. The van der Waals surface area contributed by atoms with E-state index in [9.17, 15) is 5.11 Å². The van der Waals surface area contributed by atoms with E-state index >= 15 is 0 Å². The van der Waals surface area contributed by atoms with Crippen molar-refractivity contribution >= 4 is 0 Å². The molecule has 1 N–H and O–H groups in total. The molecule has 0 spiro atoms. The summed E-state index contributed by atoms with van der Waals surface area (Å²) in [5.74, 6) is 0.982. The molecule has 1 aromatic heterocycles. The van der Waals surface area contributed by atoms with Crippen molar-refractivity contribution in [1.29, 1.82) is 0 Å². The SMILES string of the molecule is CCCCCc1cc(C(C)(C)O)co1. The molecule has 1 aromatic rings. The van der Waals surface area contributed by atoms with Gasteiger partial charge in [-0.2, -0.15) is 0 Å². The van der Waals surface area contributed by atoms with Crippen LogP contribution < -0.4 is 0 Å². The fraction of sp³-hybridized carbons (Fsp3) is 0.667. The van der Waals surface area contributed by atoms with Crippen molar-refractivity contribution in [3.8, 4) is 0 Å². The minimum atomic E-state index is -0.785. The standard InChI is InChI=1S/C12H20O2/c1-4-5-6-7-11-8-10(9-14-11)12(2,3)13/h8-9,13H,4-7H2,1-3H3. The van der Waals surface area contributed by atoms with Crippen molar-refractivity contribution < 1.29 is 9.52 Å². The average Bonchev–Trinajstić information content (AvgIpc) is 2.52. The van der Waals surface area contributed by atoms with Gasteiger partial charge in [0.25, 0.3) is 0 Å². The quantitative estimate of drug-likeness (QED) is 0.733. The molecule has 0 saturated carbocycles. The van der Waals surface area contributed by atoms with Crippen molar-refractivity contribution in [1.82, 2.24) is 0 Å². The molecule has 1 heterocycles. The lowest BCUT2D eigenvalue weighted by atomic mass is 10.0. The number of aliphatic hydroxyl groups is 1. The molecule has 0 radical (unpaired) electrons. The monoisotopic (exact) mass is 196 g/mol. The van der Waals surface area contributed by atoms with Gasteiger partial charge in [0.15, 0.2) is 0 Å². The highest BCUT2D eigenvalue weighted by Crippen LogP contribution is 2.22. The van der Waals surface area contributed by atoms with Crippen LogP contribution in [0, 0.1) is 0 Å². The van der Waals surface area contributed by atoms with Gasteiger partial charge in [-0.1, -0.05) is 19.8 Å². The molecule has 0 amide bonds. The highest BCUT2D eigenvalue weighted by Gasteiger charge is 2.18. The van der Waals surface area contributed by atoms with Crippen molar-refractivity contribution in [3.63, 3.8) is 0 Å². The average molecular weight is 196 g/mol. The Morgan fingerprint density at radius 1 is 1.36 bits per heavy atom. The lowest BCUT2D eigenvalue weighted by Gasteiger charge is -2.13. The summed E-state index contributed by atoms with van der Waals surface area (Å²) in [6.07, 6.45) is 6.25. The maximum Gasteiger partial charge on any atom is 0.104 e. The maximum atomic E-state index is 9.71. The minimum absolute atomic E-state index is 0.785. The number of rotatable bonds is 5. The second-order valence-corrected chi connectivity index (χ2v) is 4.32. The molecule has 0 bridgehead atoms. The predicted octanol–water partition coefficient (Wildman–Crippen LogP) is 3.24. The first kappa shape index (κ1) is 11.3. The second-order valence-electron chi connectivity index (χ2n) is 4.32. The van der Waals surface area contributed by atoms with E-state index in [-0.39, 0.29) is 0 Å². The Morgan fingerprint density at radius 3 is 2.57 bits per heavy atom. The molecule has 0 fully saturated rings. The van der Waals surface area contributed by atoms with E-state index in [2.05, 4.69) is 6.92 Å². The molecule has 1 rings (SSSR count). The van der Waals surface area contributed by atoms with E-state index < -0.39 is 5.60 Å². The third-order valence-corrected chi connectivity index (χ3v) is 2.39. The van der Waals surface area contributed by atoms with E-state index in [0.29, 0.717) is 0 Å². The summed E-state index contributed by atoms with van der Waals surface area (Å²) >= 11 is 0. The summed E-state index contributed by atoms with van der Waals surface area (Å²) in [6, 6.07) is 1.95. The first-order valence-corrected chi connectivity index (χ1v) is 5.34. The van der Waals surface area contributed by atoms with Crippen LogP contribution in [0.4, 0.5) is 0 Å². The third-order valence-electron chi connectivity index (χ3n) is 2.39. The number of hydrogen-bond acceptors (Lipinski definition) is 2. The Bertz CT molecular complexity index is 268. The molecular formula is C12H20O2. The van der Waals surface area contributed by atoms with Crippen LogP contribution in [0.25, 0.3) is 0 Å². The normalized spacial score (nSPS) is 12.0. The van der Waals surface area contributed by atoms with Gasteiger partial charge >= 0.3 is 0 Å². The van der Waals surface area contributed by atoms with Crippen LogP contribution in [-0.4, -0.2) is 5.11 Å². The summed E-state index contributed by atoms with van der Waals surface area (Å²) in [5.41, 5.74) is 0.0796. The van der Waals surface area contributed by atoms with Crippen LogP contribution in [-0.2, 0) is 12.0 Å². The van der Waals surface area contributed by atoms with Gasteiger partial charge in [-0.15, -0.1) is 0 Å². The first-order valence-electron chi connectivity index (χ1n) is 5.34. The van der Waals surface area contributed by atoms with Gasteiger partial charge in [0.2, 0.25) is 0 Å². The molecule has 0 aliphatic carbocycles. The van der Waals surface area contributed by atoms with Crippen LogP contribution in [0.3, 0.4) is 0 Å². The minimum Gasteiger partial charge on any atom is -0.469 e. The molecule has 2 nitrogen and oxygen atoms in total. The molecule has 0 saturated heterocycles. The Labute approximate surface area is 85.9 Å². The largest absolute Gasteiger partial charge is 0.469 e. The lowest BCUT2D eigenvalue weighted by molar-refractivity contribution is 0.0779. The molecule has 0 aliphatic heterocycles. The molecule has 14 heavy (non-hydrogen) atoms. The van der Waals surface area contributed by atoms with Crippen molar-refractivity contribution in [2.45, 2.75) is 52.1 Å². The summed E-state index contributed by atoms with van der Waals surface area (Å²) in [4.78, 5) is 0. The van der Waals surface area contributed by atoms with E-state index in [0.717, 1.165) is 24.2 Å². The molecule has 0 unspecified atom stereocenters. The Balaban J connectivity index is 2.51. The Morgan fingerprint density at radius 2 is 2.07 bits per heavy atom. The highest BCUT2D eigenvalue weighted by atomic mass is 16.3. The summed E-state index contributed by atoms with van der Waals surface area (Å²) in [7, 11) is 0. The van der Waals surface area contributed by atoms with Crippen LogP contribution >= 0.6 is 0 Å². The number of furan rings is 1. The topological polar surface area (TPSA) is 33.4 Å². The van der Waals surface area contributed by atoms with Gasteiger partial charge in [-0.05, 0) is 26.3 Å². The van der Waals surface area contributed by atoms with Crippen molar-refractivity contribution in [2.24, 2.45) is 0 Å². The fourth-order valence-corrected chi connectivity index (χ4v) is 1.38. The van der Waals surface area contributed by atoms with Crippen molar-refractivity contribution in [2.75, 3.05) is 0 Å². The molecule has 0 aromatic carbocycles. The third kappa shape index (κ3) is 3.18. The van der Waals surface area contributed by atoms with Crippen LogP contribution in [0.2, 0.25) is 0 Å². The molecular weight excluding hydrogens is 176 g/mol. The smallest absolute Gasteiger partial charge is 0.104 e. The predicted molar refractivity (Wildman–Crippen MR) is 57.2 cm³/mol. The summed E-state index contributed by atoms with van der Waals surface area (Å²) in [5, 5.41) is 9.71. The number of unbranched alkanes of at least 4 members (excludes halogenated alkanes) is 2. The second kappa shape index (κ2) is 4.65. The lowest BCUT2D eigenvalue weighted by Crippen LogP contribution is -2.13. The van der Waals surface area contributed by atoms with Gasteiger partial charge in [0.05, 0.1) is 11.9 Å². The zero-order valence-electron chi connectivity index (χ0n) is 9.34. The Hall–Kier alpha value is -0.760. The first-order chi connectivity index (χ1) is 6.54. The van der Waals surface area contributed by atoms with Crippen LogP contribution in [0.1, 0.15) is 51.4 Å². The fourth-order valence-electron chi connectivity index (χ4n) is 1.38. The number of hydrogen-bond donors (Lipinski definition) is 1. The van der Waals surface area contributed by atoms with Crippen molar-refractivity contribution in [3.05, 3.63) is 23.7 Å². The molecule has 2 heteroatoms. The van der Waals surface area contributed by atoms with E-state index in [1.165, 1.54) is 12.8 Å². The van der Waals surface area contributed by atoms with Crippen LogP contribution in [0.15, 0.2) is 16.7 Å². The molecule has 80 valence electrons. The highest BCUT2D eigenvalue weighted by molar-refractivity contribution is 5.18. The van der Waals surface area contributed by atoms with Gasteiger partial charge in [-0.3, -0.25) is 0 Å².